The zero-order valence-electron chi connectivity index (χ0n) is 18.0. The number of benzene rings is 2. The highest BCUT2D eigenvalue weighted by Gasteiger charge is 2.36. The number of pyridine rings is 1. The first-order chi connectivity index (χ1) is 16.3. The lowest BCUT2D eigenvalue weighted by molar-refractivity contribution is -0.142. The normalized spacial score (nSPS) is 11.4. The predicted octanol–water partition coefficient (Wildman–Crippen LogP) is 5.02. The first-order valence-electron chi connectivity index (χ1n) is 10.6. The van der Waals surface area contributed by atoms with Crippen LogP contribution in [-0.4, -0.2) is 32.3 Å². The third-order valence-electron chi connectivity index (χ3n) is 5.20. The van der Waals surface area contributed by atoms with E-state index in [1.54, 1.807) is 24.3 Å². The number of aromatic hydroxyl groups is 1. The molecule has 0 atom stereocenters. The molecule has 0 spiro atoms. The zero-order chi connectivity index (χ0) is 24.1. The SMILES string of the molecule is O=C(NCCCc1ccc(O)cc1)c1ccc(-n2nc(-c3cccnc3)cc2C(F)(F)F)cc1. The molecule has 34 heavy (non-hydrogen) atoms. The van der Waals surface area contributed by atoms with Crippen molar-refractivity contribution in [2.24, 2.45) is 0 Å². The molecule has 0 fully saturated rings. The molecular weight excluding hydrogens is 445 g/mol. The van der Waals surface area contributed by atoms with Gasteiger partial charge < -0.3 is 10.4 Å². The van der Waals surface area contributed by atoms with E-state index in [0.29, 0.717) is 24.1 Å². The molecule has 4 aromatic rings. The predicted molar refractivity (Wildman–Crippen MR) is 121 cm³/mol. The molecule has 0 unspecified atom stereocenters. The van der Waals surface area contributed by atoms with Crippen LogP contribution in [0.4, 0.5) is 13.2 Å². The van der Waals surface area contributed by atoms with Gasteiger partial charge in [0, 0.05) is 30.1 Å². The Hall–Kier alpha value is -4.14. The largest absolute Gasteiger partial charge is 0.508 e. The van der Waals surface area contributed by atoms with E-state index in [4.69, 9.17) is 0 Å². The summed E-state index contributed by atoms with van der Waals surface area (Å²) in [6, 6.07) is 16.9. The lowest BCUT2D eigenvalue weighted by Crippen LogP contribution is -2.24. The second-order valence-electron chi connectivity index (χ2n) is 7.64. The van der Waals surface area contributed by atoms with Gasteiger partial charge in [0.15, 0.2) is 0 Å². The highest BCUT2D eigenvalue weighted by atomic mass is 19.4. The lowest BCUT2D eigenvalue weighted by atomic mass is 10.1. The Morgan fingerprint density at radius 2 is 1.76 bits per heavy atom. The first-order valence-corrected chi connectivity index (χ1v) is 10.6. The van der Waals surface area contributed by atoms with Gasteiger partial charge >= 0.3 is 6.18 Å². The number of nitrogens with one attached hydrogen (secondary N) is 1. The fourth-order valence-electron chi connectivity index (χ4n) is 3.45. The maximum Gasteiger partial charge on any atom is 0.433 e. The van der Waals surface area contributed by atoms with Crippen molar-refractivity contribution >= 4 is 5.91 Å². The van der Waals surface area contributed by atoms with E-state index in [2.05, 4.69) is 15.4 Å². The number of halogens is 3. The number of alkyl halides is 3. The van der Waals surface area contributed by atoms with Crippen LogP contribution in [0.5, 0.6) is 5.75 Å². The molecule has 2 aromatic heterocycles. The average Bonchev–Trinajstić information content (AvgIpc) is 3.30. The number of hydrogen-bond donors (Lipinski definition) is 2. The number of phenols is 1. The van der Waals surface area contributed by atoms with Gasteiger partial charge in [-0.05, 0) is 73.0 Å². The number of hydrogen-bond acceptors (Lipinski definition) is 4. The summed E-state index contributed by atoms with van der Waals surface area (Å²) in [6.45, 7) is 0.438. The number of aryl methyl sites for hydroxylation is 1. The van der Waals surface area contributed by atoms with E-state index in [1.165, 1.54) is 36.7 Å². The molecular formula is C25H21F3N4O2. The van der Waals surface area contributed by atoms with Gasteiger partial charge in [-0.1, -0.05) is 12.1 Å². The van der Waals surface area contributed by atoms with Crippen molar-refractivity contribution in [3.8, 4) is 22.7 Å². The molecule has 2 N–H and O–H groups in total. The van der Waals surface area contributed by atoms with Gasteiger partial charge in [-0.3, -0.25) is 9.78 Å². The summed E-state index contributed by atoms with van der Waals surface area (Å²) < 4.78 is 41.7. The molecule has 2 heterocycles. The van der Waals surface area contributed by atoms with Crippen LogP contribution in [0.2, 0.25) is 0 Å². The fraction of sp³-hybridized carbons (Fsp3) is 0.160. The monoisotopic (exact) mass is 466 g/mol. The van der Waals surface area contributed by atoms with Gasteiger partial charge in [0.25, 0.3) is 5.91 Å². The molecule has 174 valence electrons. The van der Waals surface area contributed by atoms with Gasteiger partial charge in [-0.25, -0.2) is 4.68 Å². The Bertz CT molecular complexity index is 1250. The molecule has 0 aliphatic carbocycles. The molecule has 4 rings (SSSR count). The third-order valence-corrected chi connectivity index (χ3v) is 5.20. The molecule has 0 bridgehead atoms. The van der Waals surface area contributed by atoms with Crippen LogP contribution in [-0.2, 0) is 12.6 Å². The summed E-state index contributed by atoms with van der Waals surface area (Å²) in [5, 5.41) is 16.2. The summed E-state index contributed by atoms with van der Waals surface area (Å²) in [4.78, 5) is 16.3. The van der Waals surface area contributed by atoms with Gasteiger partial charge in [0.05, 0.1) is 11.4 Å². The van der Waals surface area contributed by atoms with E-state index < -0.39 is 11.9 Å². The Balaban J connectivity index is 1.44. The number of carbonyl (C=O) groups is 1. The van der Waals surface area contributed by atoms with Gasteiger partial charge in [0.2, 0.25) is 0 Å². The highest BCUT2D eigenvalue weighted by Crippen LogP contribution is 2.34. The summed E-state index contributed by atoms with van der Waals surface area (Å²) >= 11 is 0. The number of phenolic OH excluding ortho intramolecular Hbond substituents is 1. The van der Waals surface area contributed by atoms with Gasteiger partial charge in [-0.15, -0.1) is 0 Å². The van der Waals surface area contributed by atoms with Crippen LogP contribution in [0.25, 0.3) is 16.9 Å². The van der Waals surface area contributed by atoms with Crippen LogP contribution in [0, 0.1) is 0 Å². The Morgan fingerprint density at radius 3 is 2.41 bits per heavy atom. The topological polar surface area (TPSA) is 80.0 Å². The van der Waals surface area contributed by atoms with E-state index >= 15 is 0 Å². The molecule has 0 aliphatic heterocycles. The van der Waals surface area contributed by atoms with E-state index in [9.17, 15) is 23.1 Å². The Labute approximate surface area is 193 Å². The lowest BCUT2D eigenvalue weighted by Gasteiger charge is -2.11. The van der Waals surface area contributed by atoms with Crippen molar-refractivity contribution in [3.05, 3.63) is 95.9 Å². The second-order valence-corrected chi connectivity index (χ2v) is 7.64. The quantitative estimate of drug-likeness (QED) is 0.375. The molecule has 9 heteroatoms. The molecule has 0 radical (unpaired) electrons. The van der Waals surface area contributed by atoms with Crippen LogP contribution >= 0.6 is 0 Å². The van der Waals surface area contributed by atoms with Crippen molar-refractivity contribution in [1.82, 2.24) is 20.1 Å². The van der Waals surface area contributed by atoms with Crippen molar-refractivity contribution in [1.29, 1.82) is 0 Å². The van der Waals surface area contributed by atoms with Crippen molar-refractivity contribution in [2.75, 3.05) is 6.54 Å². The van der Waals surface area contributed by atoms with Crippen LogP contribution in [0.15, 0.2) is 79.1 Å². The van der Waals surface area contributed by atoms with E-state index in [-0.39, 0.29) is 23.0 Å². The molecule has 0 saturated heterocycles. The van der Waals surface area contributed by atoms with E-state index in [0.717, 1.165) is 22.7 Å². The molecule has 6 nitrogen and oxygen atoms in total. The summed E-state index contributed by atoms with van der Waals surface area (Å²) in [7, 11) is 0. The first kappa shape index (κ1) is 23.0. The van der Waals surface area contributed by atoms with E-state index in [1.807, 2.05) is 12.1 Å². The minimum absolute atomic E-state index is 0.149. The zero-order valence-corrected chi connectivity index (χ0v) is 18.0. The van der Waals surface area contributed by atoms with Crippen LogP contribution < -0.4 is 5.32 Å². The number of amides is 1. The molecule has 0 aliphatic rings. The fourth-order valence-corrected chi connectivity index (χ4v) is 3.45. The van der Waals surface area contributed by atoms with Crippen LogP contribution in [0.1, 0.15) is 28.0 Å². The van der Waals surface area contributed by atoms with Gasteiger partial charge in [-0.2, -0.15) is 18.3 Å². The van der Waals surface area contributed by atoms with Crippen molar-refractivity contribution < 1.29 is 23.1 Å². The average molecular weight is 466 g/mol. The number of carbonyl (C=O) groups excluding carboxylic acids is 1. The molecule has 0 saturated carbocycles. The standard InChI is InChI=1S/C25H21F3N4O2/c26-25(27,28)23-15-22(19-4-2-13-29-16-19)31-32(23)20-9-7-18(8-10-20)24(34)30-14-1-3-17-5-11-21(33)12-6-17/h2,4-13,15-16,33H,1,3,14H2,(H,30,34). The Morgan fingerprint density at radius 1 is 1.03 bits per heavy atom. The summed E-state index contributed by atoms with van der Waals surface area (Å²) in [5.41, 5.74) is 1.26. The maximum absolute atomic E-state index is 13.6. The second kappa shape index (κ2) is 9.78. The smallest absolute Gasteiger partial charge is 0.433 e. The van der Waals surface area contributed by atoms with Crippen molar-refractivity contribution in [3.63, 3.8) is 0 Å². The summed E-state index contributed by atoms with van der Waals surface area (Å²) in [6.07, 6.45) is -0.197. The number of nitrogens with zero attached hydrogens (tertiary/aromatic N) is 3. The minimum Gasteiger partial charge on any atom is -0.508 e. The molecule has 2 aromatic carbocycles. The van der Waals surface area contributed by atoms with Gasteiger partial charge in [0.1, 0.15) is 11.4 Å². The molecule has 1 amide bonds. The number of aromatic nitrogens is 3. The maximum atomic E-state index is 13.6. The minimum atomic E-state index is -4.61. The summed E-state index contributed by atoms with van der Waals surface area (Å²) in [5.74, 6) is -0.115. The third kappa shape index (κ3) is 5.43. The van der Waals surface area contributed by atoms with Crippen molar-refractivity contribution in [2.45, 2.75) is 19.0 Å². The van der Waals surface area contributed by atoms with Crippen LogP contribution in [0.3, 0.4) is 0 Å². The highest BCUT2D eigenvalue weighted by molar-refractivity contribution is 5.94. The number of rotatable bonds is 7. The Kier molecular flexibility index (Phi) is 6.62.